The third-order valence-corrected chi connectivity index (χ3v) is 4.23. The van der Waals surface area contributed by atoms with E-state index in [1.807, 2.05) is 0 Å². The molecule has 0 saturated heterocycles. The minimum Gasteiger partial charge on any atom is -0.317 e. The molecular formula is C16H32N2. The number of nitrogens with one attached hydrogen (secondary N) is 1. The molecule has 1 N–H and O–H groups in total. The van der Waals surface area contributed by atoms with E-state index < -0.39 is 0 Å². The molecular weight excluding hydrogens is 220 g/mol. The third kappa shape index (κ3) is 6.19. The Balaban J connectivity index is 1.41. The van der Waals surface area contributed by atoms with Crippen molar-refractivity contribution in [2.45, 2.75) is 70.8 Å². The predicted octanol–water partition coefficient (Wildman–Crippen LogP) is 3.42. The molecule has 2 heteroatoms. The Morgan fingerprint density at radius 2 is 1.72 bits per heavy atom. The number of rotatable bonds is 12. The SMILES string of the molecule is CCCNCCCCCCN(CC1CC1)C1CC1. The van der Waals surface area contributed by atoms with Gasteiger partial charge in [-0.1, -0.05) is 19.8 Å². The van der Waals surface area contributed by atoms with Gasteiger partial charge in [0.15, 0.2) is 0 Å². The summed E-state index contributed by atoms with van der Waals surface area (Å²) in [5, 5.41) is 3.49. The van der Waals surface area contributed by atoms with E-state index in [-0.39, 0.29) is 0 Å². The fourth-order valence-electron chi connectivity index (χ4n) is 2.71. The van der Waals surface area contributed by atoms with Gasteiger partial charge in [-0.2, -0.15) is 0 Å². The first-order valence-corrected chi connectivity index (χ1v) is 8.35. The lowest BCUT2D eigenvalue weighted by molar-refractivity contribution is 0.246. The van der Waals surface area contributed by atoms with Crippen molar-refractivity contribution in [1.82, 2.24) is 10.2 Å². The van der Waals surface area contributed by atoms with Gasteiger partial charge in [0.2, 0.25) is 0 Å². The molecule has 0 unspecified atom stereocenters. The highest BCUT2D eigenvalue weighted by Gasteiger charge is 2.32. The van der Waals surface area contributed by atoms with E-state index in [2.05, 4.69) is 17.1 Å². The minimum atomic E-state index is 0.983. The molecule has 0 radical (unpaired) electrons. The summed E-state index contributed by atoms with van der Waals surface area (Å²) in [6, 6.07) is 0.983. The lowest BCUT2D eigenvalue weighted by Crippen LogP contribution is -2.29. The Morgan fingerprint density at radius 1 is 0.944 bits per heavy atom. The van der Waals surface area contributed by atoms with Crippen LogP contribution in [0, 0.1) is 5.92 Å². The monoisotopic (exact) mass is 252 g/mol. The van der Waals surface area contributed by atoms with Crippen LogP contribution in [-0.4, -0.2) is 37.1 Å². The quantitative estimate of drug-likeness (QED) is 0.535. The van der Waals surface area contributed by atoms with Crippen molar-refractivity contribution in [1.29, 1.82) is 0 Å². The Hall–Kier alpha value is -0.0800. The van der Waals surface area contributed by atoms with Gasteiger partial charge >= 0.3 is 0 Å². The van der Waals surface area contributed by atoms with Gasteiger partial charge in [-0.25, -0.2) is 0 Å². The van der Waals surface area contributed by atoms with E-state index >= 15 is 0 Å². The maximum Gasteiger partial charge on any atom is 0.00965 e. The fraction of sp³-hybridized carbons (Fsp3) is 1.00. The van der Waals surface area contributed by atoms with Crippen molar-refractivity contribution in [3.63, 3.8) is 0 Å². The zero-order valence-electron chi connectivity index (χ0n) is 12.3. The molecule has 2 nitrogen and oxygen atoms in total. The maximum absolute atomic E-state index is 3.49. The smallest absolute Gasteiger partial charge is 0.00965 e. The van der Waals surface area contributed by atoms with Crippen LogP contribution in [-0.2, 0) is 0 Å². The van der Waals surface area contributed by atoms with Crippen LogP contribution in [0.5, 0.6) is 0 Å². The summed E-state index contributed by atoms with van der Waals surface area (Å²) in [5.74, 6) is 1.07. The Labute approximate surface area is 114 Å². The van der Waals surface area contributed by atoms with E-state index in [9.17, 15) is 0 Å². The first-order chi connectivity index (χ1) is 8.90. The fourth-order valence-corrected chi connectivity index (χ4v) is 2.71. The lowest BCUT2D eigenvalue weighted by atomic mass is 10.2. The minimum absolute atomic E-state index is 0.983. The van der Waals surface area contributed by atoms with Gasteiger partial charge in [-0.05, 0) is 70.5 Å². The molecule has 2 rings (SSSR count). The molecule has 106 valence electrons. The summed E-state index contributed by atoms with van der Waals surface area (Å²) in [6.45, 7) is 7.45. The second-order valence-corrected chi connectivity index (χ2v) is 6.33. The zero-order chi connectivity index (χ0) is 12.6. The Bertz CT molecular complexity index is 209. The number of nitrogens with zero attached hydrogens (tertiary/aromatic N) is 1. The van der Waals surface area contributed by atoms with Crippen LogP contribution >= 0.6 is 0 Å². The molecule has 0 aliphatic heterocycles. The van der Waals surface area contributed by atoms with Gasteiger partial charge in [0, 0.05) is 12.6 Å². The highest BCUT2D eigenvalue weighted by atomic mass is 15.2. The molecule has 0 spiro atoms. The number of hydrogen-bond donors (Lipinski definition) is 1. The molecule has 0 heterocycles. The molecule has 2 fully saturated rings. The molecule has 0 aromatic heterocycles. The van der Waals surface area contributed by atoms with Crippen LogP contribution in [0.3, 0.4) is 0 Å². The number of unbranched alkanes of at least 4 members (excludes halogenated alkanes) is 3. The maximum atomic E-state index is 3.49. The summed E-state index contributed by atoms with van der Waals surface area (Å²) in [7, 11) is 0. The molecule has 2 aliphatic carbocycles. The van der Waals surface area contributed by atoms with Crippen LogP contribution < -0.4 is 5.32 Å². The van der Waals surface area contributed by atoms with Crippen molar-refractivity contribution in [2.75, 3.05) is 26.2 Å². The second kappa shape index (κ2) is 8.16. The summed E-state index contributed by atoms with van der Waals surface area (Å²) < 4.78 is 0. The molecule has 0 amide bonds. The number of hydrogen-bond acceptors (Lipinski definition) is 2. The molecule has 2 aliphatic rings. The van der Waals surface area contributed by atoms with Crippen LogP contribution in [0.15, 0.2) is 0 Å². The van der Waals surface area contributed by atoms with E-state index in [0.717, 1.165) is 12.0 Å². The first kappa shape index (κ1) is 14.3. The summed E-state index contributed by atoms with van der Waals surface area (Å²) >= 11 is 0. The molecule has 0 atom stereocenters. The van der Waals surface area contributed by atoms with Crippen LogP contribution in [0.2, 0.25) is 0 Å². The first-order valence-electron chi connectivity index (χ1n) is 8.35. The zero-order valence-corrected chi connectivity index (χ0v) is 12.3. The highest BCUT2D eigenvalue weighted by Crippen LogP contribution is 2.34. The Kier molecular flexibility index (Phi) is 6.50. The van der Waals surface area contributed by atoms with E-state index in [1.165, 1.54) is 84.0 Å². The van der Waals surface area contributed by atoms with Gasteiger partial charge in [0.25, 0.3) is 0 Å². The normalized spacial score (nSPS) is 19.7. The molecule has 18 heavy (non-hydrogen) atoms. The van der Waals surface area contributed by atoms with Crippen LogP contribution in [0.25, 0.3) is 0 Å². The van der Waals surface area contributed by atoms with Gasteiger partial charge in [-0.15, -0.1) is 0 Å². The van der Waals surface area contributed by atoms with E-state index in [4.69, 9.17) is 0 Å². The van der Waals surface area contributed by atoms with Gasteiger partial charge < -0.3 is 10.2 Å². The van der Waals surface area contributed by atoms with Crippen molar-refractivity contribution >= 4 is 0 Å². The van der Waals surface area contributed by atoms with Crippen molar-refractivity contribution in [3.8, 4) is 0 Å². The third-order valence-electron chi connectivity index (χ3n) is 4.23. The summed E-state index contributed by atoms with van der Waals surface area (Å²) in [4.78, 5) is 2.80. The van der Waals surface area contributed by atoms with Gasteiger partial charge in [-0.3, -0.25) is 0 Å². The van der Waals surface area contributed by atoms with E-state index in [0.29, 0.717) is 0 Å². The van der Waals surface area contributed by atoms with Crippen LogP contribution in [0.1, 0.15) is 64.7 Å². The van der Waals surface area contributed by atoms with Gasteiger partial charge in [0.1, 0.15) is 0 Å². The van der Waals surface area contributed by atoms with E-state index in [1.54, 1.807) is 0 Å². The van der Waals surface area contributed by atoms with Crippen molar-refractivity contribution in [3.05, 3.63) is 0 Å². The predicted molar refractivity (Wildman–Crippen MR) is 78.9 cm³/mol. The summed E-state index contributed by atoms with van der Waals surface area (Å²) in [5.41, 5.74) is 0. The highest BCUT2D eigenvalue weighted by molar-refractivity contribution is 4.88. The molecule has 0 bridgehead atoms. The largest absolute Gasteiger partial charge is 0.317 e. The molecule has 0 aromatic rings. The molecule has 2 saturated carbocycles. The standard InChI is InChI=1S/C16H32N2/c1-2-11-17-12-5-3-4-6-13-18(16-9-10-16)14-15-7-8-15/h15-17H,2-14H2,1H3. The average Bonchev–Trinajstić information content (AvgIpc) is 3.24. The topological polar surface area (TPSA) is 15.3 Å². The lowest BCUT2D eigenvalue weighted by Gasteiger charge is -2.21. The molecule has 0 aromatic carbocycles. The second-order valence-electron chi connectivity index (χ2n) is 6.33. The van der Waals surface area contributed by atoms with Crippen LogP contribution in [0.4, 0.5) is 0 Å². The average molecular weight is 252 g/mol. The van der Waals surface area contributed by atoms with Crippen molar-refractivity contribution in [2.24, 2.45) is 5.92 Å². The van der Waals surface area contributed by atoms with Crippen molar-refractivity contribution < 1.29 is 0 Å². The Morgan fingerprint density at radius 3 is 2.39 bits per heavy atom. The summed E-state index contributed by atoms with van der Waals surface area (Å²) in [6.07, 6.45) is 12.9. The van der Waals surface area contributed by atoms with Gasteiger partial charge in [0.05, 0.1) is 0 Å².